The van der Waals surface area contributed by atoms with E-state index in [0.717, 1.165) is 35.3 Å². The zero-order valence-electron chi connectivity index (χ0n) is 34.6. The number of hydrogen-bond donors (Lipinski definition) is 8. The highest BCUT2D eigenvalue weighted by molar-refractivity contribution is 5.98. The number of carbonyl (C=O) groups excluding carboxylic acids is 5. The smallest absolute Gasteiger partial charge is 0.326 e. The molecule has 0 fully saturated rings. The molecule has 5 amide bonds. The molecule has 1 heterocycles. The van der Waals surface area contributed by atoms with Gasteiger partial charge < -0.3 is 47.2 Å². The van der Waals surface area contributed by atoms with Crippen molar-refractivity contribution < 1.29 is 44.1 Å². The van der Waals surface area contributed by atoms with E-state index >= 15 is 0 Å². The maximum absolute atomic E-state index is 14.4. The molecular formula is C46H54N6O9. The highest BCUT2D eigenvalue weighted by Gasteiger charge is 2.36. The van der Waals surface area contributed by atoms with E-state index in [-0.39, 0.29) is 41.0 Å². The second-order valence-electron chi connectivity index (χ2n) is 15.3. The molecule has 0 saturated carbocycles. The Labute approximate surface area is 354 Å². The number of aliphatic carboxylic acids is 1. The second kappa shape index (κ2) is 21.0. The second-order valence-corrected chi connectivity index (χ2v) is 15.3. The number of fused-ring (bicyclic) bond motifs is 5. The van der Waals surface area contributed by atoms with Crippen LogP contribution in [0.2, 0.25) is 0 Å². The number of hydrogen-bond acceptors (Lipinski definition) is 9. The van der Waals surface area contributed by atoms with Crippen LogP contribution in [0.4, 0.5) is 0 Å². The number of phenols is 2. The van der Waals surface area contributed by atoms with Crippen LogP contribution in [0, 0.1) is 0 Å². The maximum Gasteiger partial charge on any atom is 0.326 e. The predicted molar refractivity (Wildman–Crippen MR) is 229 cm³/mol. The SMILES string of the molecule is CCCCc1ccc(-c2ccc(C(=O)NCC(=O)N[C@@H](CCCCN)C(=O)N(C)[C@@H]3C(=O)N[C@@H](C)C(=O)N[C@H](C(=O)O)Cc4ccc(O)c(c4)-c4cc3ccc4O)cc2)cc1. The quantitative estimate of drug-likeness (QED) is 0.0803. The lowest BCUT2D eigenvalue weighted by Gasteiger charge is -2.32. The number of nitrogens with two attached hydrogens (primary N) is 1. The molecule has 0 saturated heterocycles. The summed E-state index contributed by atoms with van der Waals surface area (Å²) < 4.78 is 0. The fourth-order valence-electron chi connectivity index (χ4n) is 7.20. The lowest BCUT2D eigenvalue weighted by molar-refractivity contribution is -0.143. The number of benzene rings is 4. The number of amides is 5. The van der Waals surface area contributed by atoms with Gasteiger partial charge in [0.1, 0.15) is 35.7 Å². The lowest BCUT2D eigenvalue weighted by atomic mass is 9.93. The Morgan fingerprint density at radius 2 is 1.48 bits per heavy atom. The van der Waals surface area contributed by atoms with Gasteiger partial charge in [-0.05, 0) is 110 Å². The van der Waals surface area contributed by atoms with E-state index in [1.165, 1.54) is 55.9 Å². The lowest BCUT2D eigenvalue weighted by Crippen LogP contribution is -2.55. The van der Waals surface area contributed by atoms with Crippen molar-refractivity contribution in [2.75, 3.05) is 20.1 Å². The Hall–Kier alpha value is -6.74. The molecule has 0 unspecified atom stereocenters. The van der Waals surface area contributed by atoms with Gasteiger partial charge in [0.2, 0.25) is 23.6 Å². The normalized spacial score (nSPS) is 16.9. The van der Waals surface area contributed by atoms with Gasteiger partial charge in [-0.25, -0.2) is 4.79 Å². The third kappa shape index (κ3) is 11.7. The third-order valence-electron chi connectivity index (χ3n) is 10.7. The van der Waals surface area contributed by atoms with Gasteiger partial charge >= 0.3 is 5.97 Å². The predicted octanol–water partition coefficient (Wildman–Crippen LogP) is 3.95. The number of likely N-dealkylation sites (N-methyl/N-ethyl adjacent to an activating group) is 1. The van der Waals surface area contributed by atoms with E-state index in [0.29, 0.717) is 30.5 Å². The molecule has 4 bridgehead atoms. The molecule has 0 radical (unpaired) electrons. The molecule has 4 aromatic rings. The molecular weight excluding hydrogens is 781 g/mol. The average molecular weight is 835 g/mol. The molecule has 0 aliphatic carbocycles. The summed E-state index contributed by atoms with van der Waals surface area (Å²) in [6.45, 7) is 3.38. The van der Waals surface area contributed by atoms with Gasteiger partial charge in [0.25, 0.3) is 5.91 Å². The molecule has 15 heteroatoms. The molecule has 0 spiro atoms. The van der Waals surface area contributed by atoms with Gasteiger partial charge in [-0.1, -0.05) is 61.9 Å². The summed E-state index contributed by atoms with van der Waals surface area (Å²) in [4.78, 5) is 81.4. The van der Waals surface area contributed by atoms with E-state index in [2.05, 4.69) is 40.3 Å². The van der Waals surface area contributed by atoms with E-state index in [4.69, 9.17) is 5.73 Å². The number of aryl methyl sites for hydroxylation is 1. The molecule has 5 rings (SSSR count). The number of nitrogens with zero attached hydrogens (tertiary/aromatic N) is 1. The average Bonchev–Trinajstić information content (AvgIpc) is 3.25. The first kappa shape index (κ1) is 45.3. The number of rotatable bonds is 15. The van der Waals surface area contributed by atoms with Crippen LogP contribution in [-0.4, -0.2) is 94.0 Å². The van der Waals surface area contributed by atoms with Crippen molar-refractivity contribution in [1.82, 2.24) is 26.2 Å². The molecule has 4 aromatic carbocycles. The minimum atomic E-state index is -1.46. The number of nitrogens with one attached hydrogen (secondary N) is 4. The standard InChI is InChI=1S/C46H54N6O9/c1-4-5-8-28-10-13-30(14-11-28)31-15-17-32(18-16-31)43(57)48-26-40(55)50-36(9-6-7-22-47)45(59)52(3)41-33-19-21-39(54)35(25-33)34-23-29(12-20-38(34)53)24-37(46(60)61)51-42(56)27(2)49-44(41)58/h10-21,23,25,27,36-37,41,53-54H,4-9,22,24,26,47H2,1-3H3,(H,48,57)(H,49,58)(H,50,55)(H,51,56)(H,60,61)/t27-,36-,37-,41-/m0/s1. The number of phenolic OH excluding ortho intramolecular Hbond substituents is 2. The van der Waals surface area contributed by atoms with Crippen LogP contribution < -0.4 is 27.0 Å². The van der Waals surface area contributed by atoms with Crippen molar-refractivity contribution in [3.63, 3.8) is 0 Å². The molecule has 0 aromatic heterocycles. The molecule has 322 valence electrons. The van der Waals surface area contributed by atoms with E-state index < -0.39 is 66.2 Å². The van der Waals surface area contributed by atoms with Crippen LogP contribution in [0.1, 0.15) is 79.0 Å². The van der Waals surface area contributed by atoms with Gasteiger partial charge in [0.05, 0.1) is 6.54 Å². The van der Waals surface area contributed by atoms with Crippen molar-refractivity contribution in [2.24, 2.45) is 5.73 Å². The fourth-order valence-corrected chi connectivity index (χ4v) is 7.20. The van der Waals surface area contributed by atoms with Crippen LogP contribution in [0.5, 0.6) is 11.5 Å². The molecule has 4 atom stereocenters. The van der Waals surface area contributed by atoms with Gasteiger partial charge in [0, 0.05) is 30.2 Å². The van der Waals surface area contributed by atoms with Crippen molar-refractivity contribution >= 4 is 35.5 Å². The Bertz CT molecular complexity index is 2230. The van der Waals surface area contributed by atoms with Gasteiger partial charge in [-0.3, -0.25) is 24.0 Å². The highest BCUT2D eigenvalue weighted by Crippen LogP contribution is 2.39. The number of carbonyl (C=O) groups is 6. The van der Waals surface area contributed by atoms with Gasteiger partial charge in [-0.2, -0.15) is 0 Å². The number of carboxylic acid groups (broad SMARTS) is 1. The Kier molecular flexibility index (Phi) is 15.6. The largest absolute Gasteiger partial charge is 0.507 e. The van der Waals surface area contributed by atoms with Crippen LogP contribution >= 0.6 is 0 Å². The summed E-state index contributed by atoms with van der Waals surface area (Å²) in [5, 5.41) is 42.0. The molecule has 15 nitrogen and oxygen atoms in total. The van der Waals surface area contributed by atoms with Crippen molar-refractivity contribution in [3.05, 3.63) is 107 Å². The molecule has 61 heavy (non-hydrogen) atoms. The van der Waals surface area contributed by atoms with Crippen molar-refractivity contribution in [2.45, 2.75) is 83.0 Å². The Balaban J connectivity index is 1.36. The fraction of sp³-hybridized carbons (Fsp3) is 0.348. The topological polar surface area (TPSA) is 240 Å². The van der Waals surface area contributed by atoms with Crippen molar-refractivity contribution in [1.29, 1.82) is 0 Å². The third-order valence-corrected chi connectivity index (χ3v) is 10.7. The van der Waals surface area contributed by atoms with Crippen LogP contribution in [0.15, 0.2) is 84.9 Å². The Morgan fingerprint density at radius 1 is 0.836 bits per heavy atom. The molecule has 1 aliphatic heterocycles. The minimum Gasteiger partial charge on any atom is -0.507 e. The van der Waals surface area contributed by atoms with Gasteiger partial charge in [0.15, 0.2) is 0 Å². The summed E-state index contributed by atoms with van der Waals surface area (Å²) in [7, 11) is 1.35. The first-order valence-corrected chi connectivity index (χ1v) is 20.4. The maximum atomic E-state index is 14.4. The van der Waals surface area contributed by atoms with E-state index in [1.54, 1.807) is 12.1 Å². The Morgan fingerprint density at radius 3 is 2.11 bits per heavy atom. The first-order valence-electron chi connectivity index (χ1n) is 20.4. The number of unbranched alkanes of at least 4 members (excludes halogenated alkanes) is 2. The molecule has 9 N–H and O–H groups in total. The van der Waals surface area contributed by atoms with Crippen LogP contribution in [-0.2, 0) is 36.8 Å². The minimum absolute atomic E-state index is 0.0890. The number of carboxylic acids is 1. The highest BCUT2D eigenvalue weighted by atomic mass is 16.4. The summed E-state index contributed by atoms with van der Waals surface area (Å²) in [6, 6.07) is 18.4. The number of aromatic hydroxyl groups is 2. The zero-order valence-corrected chi connectivity index (χ0v) is 34.6. The summed E-state index contributed by atoms with van der Waals surface area (Å²) in [5.74, 6) is -5.34. The zero-order chi connectivity index (χ0) is 44.2. The van der Waals surface area contributed by atoms with E-state index in [9.17, 15) is 44.1 Å². The summed E-state index contributed by atoms with van der Waals surface area (Å²) >= 11 is 0. The monoisotopic (exact) mass is 834 g/mol. The van der Waals surface area contributed by atoms with Crippen LogP contribution in [0.3, 0.4) is 0 Å². The van der Waals surface area contributed by atoms with Crippen molar-refractivity contribution in [3.8, 4) is 33.8 Å². The summed E-state index contributed by atoms with van der Waals surface area (Å²) in [5.41, 5.74) is 10.1. The summed E-state index contributed by atoms with van der Waals surface area (Å²) in [6.07, 6.45) is 4.17. The molecule has 1 aliphatic rings. The van der Waals surface area contributed by atoms with E-state index in [1.807, 2.05) is 24.3 Å². The first-order chi connectivity index (χ1) is 29.2. The van der Waals surface area contributed by atoms with Crippen LogP contribution in [0.25, 0.3) is 22.3 Å². The van der Waals surface area contributed by atoms with Gasteiger partial charge in [-0.15, -0.1) is 0 Å².